The minimum atomic E-state index is -0.488. The molecule has 0 spiro atoms. The quantitative estimate of drug-likeness (QED) is 0.521. The Hall–Kier alpha value is -3.68. The predicted octanol–water partition coefficient (Wildman–Crippen LogP) is 4.49. The van der Waals surface area contributed by atoms with Crippen molar-refractivity contribution in [3.8, 4) is 11.5 Å². The monoisotopic (exact) mass is 434 g/mol. The van der Waals surface area contributed by atoms with Gasteiger partial charge >= 0.3 is 0 Å². The van der Waals surface area contributed by atoms with E-state index in [0.717, 1.165) is 5.56 Å². The number of non-ortho nitro benzene ring substituents is 1. The standard InChI is InChI=1S/C24H22N2O6/c1-24(2)11-18-23(19(27)12-24)17(14-6-7-20-21(8-14)32-13-31-20)10-22(28)25(18)15-4-3-5-16(9-15)26(29)30/h3-9,17H,10-13H2,1-2H3. The van der Waals surface area contributed by atoms with Crippen molar-refractivity contribution in [2.45, 2.75) is 39.0 Å². The van der Waals surface area contributed by atoms with Crippen molar-refractivity contribution in [2.75, 3.05) is 11.7 Å². The van der Waals surface area contributed by atoms with E-state index in [4.69, 9.17) is 9.47 Å². The third-order valence-electron chi connectivity index (χ3n) is 6.24. The first-order valence-electron chi connectivity index (χ1n) is 10.5. The lowest BCUT2D eigenvalue weighted by Gasteiger charge is -2.42. The summed E-state index contributed by atoms with van der Waals surface area (Å²) in [6, 6.07) is 11.5. The molecule has 0 saturated carbocycles. The fourth-order valence-corrected chi connectivity index (χ4v) is 4.88. The van der Waals surface area contributed by atoms with E-state index in [-0.39, 0.29) is 36.0 Å². The maximum Gasteiger partial charge on any atom is 0.271 e. The molecule has 0 N–H and O–H groups in total. The second-order valence-electron chi connectivity index (χ2n) is 9.18. The molecule has 0 aromatic heterocycles. The number of hydrogen-bond acceptors (Lipinski definition) is 6. The molecule has 8 nitrogen and oxygen atoms in total. The Morgan fingerprint density at radius 3 is 2.62 bits per heavy atom. The van der Waals surface area contributed by atoms with Crippen LogP contribution in [0.4, 0.5) is 11.4 Å². The Balaban J connectivity index is 1.66. The van der Waals surface area contributed by atoms with E-state index in [1.54, 1.807) is 18.2 Å². The van der Waals surface area contributed by atoms with Crippen LogP contribution in [-0.2, 0) is 9.59 Å². The number of Topliss-reactive ketones (excluding diaryl/α,β-unsaturated/α-hetero) is 1. The van der Waals surface area contributed by atoms with Gasteiger partial charge in [0.05, 0.1) is 10.6 Å². The smallest absolute Gasteiger partial charge is 0.271 e. The normalized spacial score (nSPS) is 21.6. The fraction of sp³-hybridized carbons (Fsp3) is 0.333. The largest absolute Gasteiger partial charge is 0.454 e. The van der Waals surface area contributed by atoms with Gasteiger partial charge in [-0.1, -0.05) is 26.0 Å². The summed E-state index contributed by atoms with van der Waals surface area (Å²) in [7, 11) is 0. The van der Waals surface area contributed by atoms with Crippen LogP contribution >= 0.6 is 0 Å². The van der Waals surface area contributed by atoms with Gasteiger partial charge in [-0.25, -0.2) is 0 Å². The third-order valence-corrected chi connectivity index (χ3v) is 6.24. The SMILES string of the molecule is CC1(C)CC(=O)C2=C(C1)N(c1cccc([N+](=O)[O-])c1)C(=O)CC2c1ccc2c(c1)OCO2. The first kappa shape index (κ1) is 20.2. The number of nitro benzene ring substituents is 1. The molecule has 0 bridgehead atoms. The zero-order valence-electron chi connectivity index (χ0n) is 17.8. The van der Waals surface area contributed by atoms with E-state index >= 15 is 0 Å². The lowest BCUT2D eigenvalue weighted by Crippen LogP contribution is -2.43. The van der Waals surface area contributed by atoms with Gasteiger partial charge in [-0.05, 0) is 35.6 Å². The number of allylic oxidation sites excluding steroid dienone is 2. The van der Waals surface area contributed by atoms with Crippen molar-refractivity contribution in [1.29, 1.82) is 0 Å². The van der Waals surface area contributed by atoms with Crippen LogP contribution in [0.2, 0.25) is 0 Å². The van der Waals surface area contributed by atoms with Gasteiger partial charge in [-0.2, -0.15) is 0 Å². The number of hydrogen-bond donors (Lipinski definition) is 0. The van der Waals surface area contributed by atoms with E-state index in [2.05, 4.69) is 0 Å². The molecule has 3 aliphatic rings. The predicted molar refractivity (Wildman–Crippen MR) is 116 cm³/mol. The van der Waals surface area contributed by atoms with E-state index in [1.165, 1.54) is 17.0 Å². The molecule has 5 rings (SSSR count). The van der Waals surface area contributed by atoms with Gasteiger partial charge in [0, 0.05) is 42.2 Å². The Bertz CT molecular complexity index is 1200. The average Bonchev–Trinajstić information content (AvgIpc) is 3.20. The first-order valence-corrected chi connectivity index (χ1v) is 10.5. The van der Waals surface area contributed by atoms with Crippen molar-refractivity contribution >= 4 is 23.1 Å². The average molecular weight is 434 g/mol. The second kappa shape index (κ2) is 7.19. The van der Waals surface area contributed by atoms with Crippen molar-refractivity contribution in [3.63, 3.8) is 0 Å². The van der Waals surface area contributed by atoms with Crippen LogP contribution in [-0.4, -0.2) is 23.4 Å². The number of amides is 1. The zero-order valence-corrected chi connectivity index (χ0v) is 17.8. The van der Waals surface area contributed by atoms with Gasteiger partial charge in [0.25, 0.3) is 5.69 Å². The van der Waals surface area contributed by atoms with Crippen LogP contribution < -0.4 is 14.4 Å². The van der Waals surface area contributed by atoms with Gasteiger partial charge < -0.3 is 9.47 Å². The Labute approximate surface area is 184 Å². The fourth-order valence-electron chi connectivity index (χ4n) is 4.88. The lowest BCUT2D eigenvalue weighted by molar-refractivity contribution is -0.384. The molecule has 2 aliphatic heterocycles. The molecule has 2 aromatic carbocycles. The number of carbonyl (C=O) groups excluding carboxylic acids is 2. The number of ketones is 1. The molecule has 0 saturated heterocycles. The van der Waals surface area contributed by atoms with Crippen LogP contribution in [0.15, 0.2) is 53.7 Å². The highest BCUT2D eigenvalue weighted by atomic mass is 16.7. The number of rotatable bonds is 3. The van der Waals surface area contributed by atoms with E-state index in [9.17, 15) is 19.7 Å². The minimum Gasteiger partial charge on any atom is -0.454 e. The molecule has 0 radical (unpaired) electrons. The number of carbonyl (C=O) groups is 2. The zero-order chi connectivity index (χ0) is 22.6. The number of benzene rings is 2. The highest BCUT2D eigenvalue weighted by molar-refractivity contribution is 6.08. The molecular weight excluding hydrogens is 412 g/mol. The number of nitrogens with zero attached hydrogens (tertiary/aromatic N) is 2. The van der Waals surface area contributed by atoms with E-state index in [1.807, 2.05) is 26.0 Å². The van der Waals surface area contributed by atoms with E-state index in [0.29, 0.717) is 41.3 Å². The van der Waals surface area contributed by atoms with E-state index < -0.39 is 10.8 Å². The van der Waals surface area contributed by atoms with Gasteiger partial charge in [0.1, 0.15) is 0 Å². The highest BCUT2D eigenvalue weighted by Gasteiger charge is 2.44. The van der Waals surface area contributed by atoms with Crippen molar-refractivity contribution in [1.82, 2.24) is 0 Å². The molecule has 0 fully saturated rings. The molecule has 164 valence electrons. The van der Waals surface area contributed by atoms with Gasteiger partial charge in [-0.3, -0.25) is 24.6 Å². The van der Waals surface area contributed by atoms with Crippen LogP contribution in [0.25, 0.3) is 0 Å². The lowest BCUT2D eigenvalue weighted by atomic mass is 9.69. The molecule has 2 aromatic rings. The Kier molecular flexibility index (Phi) is 4.54. The summed E-state index contributed by atoms with van der Waals surface area (Å²) in [5.41, 5.74) is 2.04. The van der Waals surface area contributed by atoms with Gasteiger partial charge in [0.2, 0.25) is 12.7 Å². The number of anilines is 1. The molecule has 2 heterocycles. The van der Waals surface area contributed by atoms with Gasteiger partial charge in [0.15, 0.2) is 17.3 Å². The number of nitro groups is 1. The molecule has 1 aliphatic carbocycles. The number of fused-ring (bicyclic) bond motifs is 1. The topological polar surface area (TPSA) is 99.0 Å². The maximum atomic E-state index is 13.4. The molecular formula is C24H22N2O6. The van der Waals surface area contributed by atoms with Gasteiger partial charge in [-0.15, -0.1) is 0 Å². The number of ether oxygens (including phenoxy) is 2. The van der Waals surface area contributed by atoms with Crippen LogP contribution in [0.1, 0.15) is 44.6 Å². The minimum absolute atomic E-state index is 0.00171. The van der Waals surface area contributed by atoms with Crippen LogP contribution in [0.5, 0.6) is 11.5 Å². The highest BCUT2D eigenvalue weighted by Crippen LogP contribution is 2.49. The summed E-state index contributed by atoms with van der Waals surface area (Å²) in [5.74, 6) is 0.644. The van der Waals surface area contributed by atoms with Crippen molar-refractivity contribution < 1.29 is 24.0 Å². The summed E-state index contributed by atoms with van der Waals surface area (Å²) in [5, 5.41) is 11.3. The summed E-state index contributed by atoms with van der Waals surface area (Å²) in [6.45, 7) is 4.13. The molecule has 1 unspecified atom stereocenters. The summed E-state index contributed by atoms with van der Waals surface area (Å²) in [6.07, 6.45) is 0.987. The van der Waals surface area contributed by atoms with Crippen molar-refractivity contribution in [3.05, 3.63) is 69.4 Å². The summed E-state index contributed by atoms with van der Waals surface area (Å²) < 4.78 is 10.9. The molecule has 32 heavy (non-hydrogen) atoms. The first-order chi connectivity index (χ1) is 15.2. The Morgan fingerprint density at radius 2 is 1.84 bits per heavy atom. The summed E-state index contributed by atoms with van der Waals surface area (Å²) >= 11 is 0. The Morgan fingerprint density at radius 1 is 1.06 bits per heavy atom. The van der Waals surface area contributed by atoms with Crippen molar-refractivity contribution in [2.24, 2.45) is 5.41 Å². The molecule has 8 heteroatoms. The van der Waals surface area contributed by atoms with Crippen LogP contribution in [0, 0.1) is 15.5 Å². The van der Waals surface area contributed by atoms with Crippen LogP contribution in [0.3, 0.4) is 0 Å². The molecule has 1 amide bonds. The second-order valence-corrected chi connectivity index (χ2v) is 9.18. The summed E-state index contributed by atoms with van der Waals surface area (Å²) in [4.78, 5) is 39.1. The third kappa shape index (κ3) is 3.32. The molecule has 1 atom stereocenters. The maximum absolute atomic E-state index is 13.4.